The van der Waals surface area contributed by atoms with Gasteiger partial charge in [0, 0.05) is 6.08 Å². The first-order chi connectivity index (χ1) is 5.57. The average Bonchev–Trinajstić information content (AvgIpc) is 1.96. The number of hydrogen-bond donors (Lipinski definition) is 2. The molecule has 0 aliphatic heterocycles. The zero-order chi connectivity index (χ0) is 9.56. The van der Waals surface area contributed by atoms with Gasteiger partial charge >= 0.3 is 11.9 Å². The fourth-order valence-electron chi connectivity index (χ4n) is 0.449. The molecule has 0 atom stereocenters. The summed E-state index contributed by atoms with van der Waals surface area (Å²) >= 11 is 0. The molecule has 0 amide bonds. The first kappa shape index (κ1) is 10.2. The minimum absolute atomic E-state index is 0.222. The van der Waals surface area contributed by atoms with E-state index in [1.54, 1.807) is 0 Å². The molecule has 0 rings (SSSR count). The summed E-state index contributed by atoms with van der Waals surface area (Å²) < 4.78 is 4.41. The van der Waals surface area contributed by atoms with Crippen molar-refractivity contribution in [2.24, 2.45) is 0 Å². The maximum Gasteiger partial charge on any atom is 0.338 e. The van der Waals surface area contributed by atoms with Gasteiger partial charge in [-0.05, 0) is 6.08 Å². The van der Waals surface area contributed by atoms with E-state index in [0.29, 0.717) is 0 Å². The van der Waals surface area contributed by atoms with Gasteiger partial charge in [-0.2, -0.15) is 0 Å². The first-order valence-electron chi connectivity index (χ1n) is 2.95. The monoisotopic (exact) mass is 172 g/mol. The zero-order valence-corrected chi connectivity index (χ0v) is 6.35. The number of rotatable bonds is 4. The van der Waals surface area contributed by atoms with E-state index in [2.05, 4.69) is 4.74 Å². The van der Waals surface area contributed by atoms with E-state index < -0.39 is 11.9 Å². The second-order valence-corrected chi connectivity index (χ2v) is 1.79. The molecule has 0 fully saturated rings. The molecule has 0 saturated carbocycles. The lowest BCUT2D eigenvalue weighted by Crippen LogP contribution is -1.99. The fraction of sp³-hybridized carbons (Fsp3) is 0.143. The van der Waals surface area contributed by atoms with Crippen molar-refractivity contribution in [3.63, 3.8) is 0 Å². The molecule has 2 N–H and O–H groups in total. The standard InChI is InChI=1S/C7H8O5/c1-12-4-5(7(10)11)2-3-6(8)9/h2-4H,1H3,(H,8,9)(H,10,11)/b3-2+,5-4-. The van der Waals surface area contributed by atoms with Crippen LogP contribution in [-0.2, 0) is 14.3 Å². The zero-order valence-electron chi connectivity index (χ0n) is 6.35. The number of aliphatic carboxylic acids is 2. The Morgan fingerprint density at radius 3 is 2.17 bits per heavy atom. The quantitative estimate of drug-likeness (QED) is 0.360. The highest BCUT2D eigenvalue weighted by Crippen LogP contribution is 1.96. The summed E-state index contributed by atoms with van der Waals surface area (Å²) in [4.78, 5) is 20.3. The van der Waals surface area contributed by atoms with Crippen LogP contribution in [0.3, 0.4) is 0 Å². The normalized spacial score (nSPS) is 11.6. The van der Waals surface area contributed by atoms with Gasteiger partial charge in [0.1, 0.15) is 0 Å². The molecule has 0 radical (unpaired) electrons. The molecule has 12 heavy (non-hydrogen) atoms. The Morgan fingerprint density at radius 2 is 1.83 bits per heavy atom. The molecular formula is C7H8O5. The summed E-state index contributed by atoms with van der Waals surface area (Å²) in [6.45, 7) is 0. The Kier molecular flexibility index (Phi) is 4.21. The summed E-state index contributed by atoms with van der Waals surface area (Å²) in [5.41, 5.74) is -0.222. The molecule has 0 bridgehead atoms. The van der Waals surface area contributed by atoms with E-state index in [1.165, 1.54) is 7.11 Å². The summed E-state index contributed by atoms with van der Waals surface area (Å²) in [6, 6.07) is 0. The molecule has 0 aromatic rings. The molecule has 0 aliphatic carbocycles. The number of carboxylic acid groups (broad SMARTS) is 2. The number of carbonyl (C=O) groups is 2. The highest BCUT2D eigenvalue weighted by Gasteiger charge is 2.02. The van der Waals surface area contributed by atoms with Crippen LogP contribution in [-0.4, -0.2) is 29.3 Å². The van der Waals surface area contributed by atoms with Crippen LogP contribution in [0.4, 0.5) is 0 Å². The van der Waals surface area contributed by atoms with Gasteiger partial charge in [0.25, 0.3) is 0 Å². The third kappa shape index (κ3) is 4.10. The van der Waals surface area contributed by atoms with Gasteiger partial charge in [0.2, 0.25) is 0 Å². The Hall–Kier alpha value is -1.78. The lowest BCUT2D eigenvalue weighted by molar-refractivity contribution is -0.132. The minimum Gasteiger partial charge on any atom is -0.503 e. The maximum atomic E-state index is 10.3. The highest BCUT2D eigenvalue weighted by atomic mass is 16.5. The van der Waals surface area contributed by atoms with Crippen molar-refractivity contribution < 1.29 is 24.5 Å². The molecule has 5 nitrogen and oxygen atoms in total. The number of hydrogen-bond acceptors (Lipinski definition) is 3. The molecule has 0 heterocycles. The summed E-state index contributed by atoms with van der Waals surface area (Å²) in [5, 5.41) is 16.6. The van der Waals surface area contributed by atoms with Gasteiger partial charge in [-0.1, -0.05) is 0 Å². The van der Waals surface area contributed by atoms with E-state index in [1.807, 2.05) is 0 Å². The fourth-order valence-corrected chi connectivity index (χ4v) is 0.449. The summed E-state index contributed by atoms with van der Waals surface area (Å²) in [5.74, 6) is -2.45. The van der Waals surface area contributed by atoms with Crippen LogP contribution in [0.5, 0.6) is 0 Å². The van der Waals surface area contributed by atoms with E-state index in [9.17, 15) is 9.59 Å². The van der Waals surface area contributed by atoms with Crippen molar-refractivity contribution >= 4 is 11.9 Å². The molecule has 0 saturated heterocycles. The van der Waals surface area contributed by atoms with Crippen LogP contribution in [0.1, 0.15) is 0 Å². The van der Waals surface area contributed by atoms with Gasteiger partial charge in [-0.3, -0.25) is 0 Å². The maximum absolute atomic E-state index is 10.3. The van der Waals surface area contributed by atoms with Crippen molar-refractivity contribution in [2.75, 3.05) is 7.11 Å². The molecule has 0 aromatic carbocycles. The van der Waals surface area contributed by atoms with Gasteiger partial charge in [0.15, 0.2) is 0 Å². The van der Waals surface area contributed by atoms with E-state index >= 15 is 0 Å². The van der Waals surface area contributed by atoms with Gasteiger partial charge in [-0.25, -0.2) is 9.59 Å². The van der Waals surface area contributed by atoms with Crippen molar-refractivity contribution in [1.82, 2.24) is 0 Å². The van der Waals surface area contributed by atoms with Crippen LogP contribution < -0.4 is 0 Å². The van der Waals surface area contributed by atoms with Crippen molar-refractivity contribution in [3.05, 3.63) is 24.0 Å². The van der Waals surface area contributed by atoms with Gasteiger partial charge < -0.3 is 14.9 Å². The Morgan fingerprint density at radius 1 is 1.25 bits per heavy atom. The second kappa shape index (κ2) is 4.95. The minimum atomic E-state index is -1.24. The van der Waals surface area contributed by atoms with E-state index in [-0.39, 0.29) is 5.57 Å². The number of methoxy groups -OCH3 is 1. The molecule has 5 heteroatoms. The third-order valence-corrected chi connectivity index (χ3v) is 0.897. The molecule has 0 unspecified atom stereocenters. The van der Waals surface area contributed by atoms with E-state index in [4.69, 9.17) is 10.2 Å². The van der Waals surface area contributed by atoms with Crippen LogP contribution in [0.2, 0.25) is 0 Å². The molecule has 0 aromatic heterocycles. The second-order valence-electron chi connectivity index (χ2n) is 1.79. The SMILES string of the molecule is CO/C=C(/C=C/C(=O)O)C(=O)O. The van der Waals surface area contributed by atoms with Crippen LogP contribution >= 0.6 is 0 Å². The van der Waals surface area contributed by atoms with Gasteiger partial charge in [-0.15, -0.1) is 0 Å². The molecule has 0 spiro atoms. The van der Waals surface area contributed by atoms with Gasteiger partial charge in [0.05, 0.1) is 18.9 Å². The molecule has 66 valence electrons. The molecule has 0 aliphatic rings. The van der Waals surface area contributed by atoms with Crippen LogP contribution in [0, 0.1) is 0 Å². The highest BCUT2D eigenvalue weighted by molar-refractivity contribution is 5.92. The third-order valence-electron chi connectivity index (χ3n) is 0.897. The lowest BCUT2D eigenvalue weighted by Gasteiger charge is -1.92. The smallest absolute Gasteiger partial charge is 0.338 e. The summed E-state index contributed by atoms with van der Waals surface area (Å²) in [6.07, 6.45) is 2.61. The number of carboxylic acids is 2. The topological polar surface area (TPSA) is 83.8 Å². The molecular weight excluding hydrogens is 164 g/mol. The van der Waals surface area contributed by atoms with E-state index in [0.717, 1.165) is 18.4 Å². The van der Waals surface area contributed by atoms with Crippen molar-refractivity contribution in [1.29, 1.82) is 0 Å². The predicted molar refractivity (Wildman–Crippen MR) is 39.5 cm³/mol. The number of ether oxygens (including phenoxy) is 1. The van der Waals surface area contributed by atoms with Crippen LogP contribution in [0.25, 0.3) is 0 Å². The summed E-state index contributed by atoms with van der Waals surface area (Å²) in [7, 11) is 1.28. The predicted octanol–water partition coefficient (Wildman–Crippen LogP) is 0.242. The Bertz CT molecular complexity index is 238. The lowest BCUT2D eigenvalue weighted by atomic mass is 10.3. The average molecular weight is 172 g/mol. The van der Waals surface area contributed by atoms with Crippen molar-refractivity contribution in [3.8, 4) is 0 Å². The Balaban J connectivity index is 4.45. The van der Waals surface area contributed by atoms with Crippen LogP contribution in [0.15, 0.2) is 24.0 Å². The largest absolute Gasteiger partial charge is 0.503 e. The van der Waals surface area contributed by atoms with Crippen molar-refractivity contribution in [2.45, 2.75) is 0 Å². The Labute approximate surface area is 68.6 Å². The first-order valence-corrected chi connectivity index (χ1v) is 2.95.